The molecule has 2 aromatic carbocycles. The number of hydrogen-bond acceptors (Lipinski definition) is 4. The number of para-hydroxylation sites is 1. The molecule has 0 unspecified atom stereocenters. The number of rotatable bonds is 5. The average molecular weight is 398 g/mol. The summed E-state index contributed by atoms with van der Waals surface area (Å²) in [5, 5.41) is 3.23. The molecule has 0 spiro atoms. The number of carbonyl (C=O) groups excluding carboxylic acids is 1. The van der Waals surface area contributed by atoms with E-state index >= 15 is 0 Å². The highest BCUT2D eigenvalue weighted by Crippen LogP contribution is 2.25. The second-order valence-corrected chi connectivity index (χ2v) is 6.76. The van der Waals surface area contributed by atoms with E-state index in [1.165, 1.54) is 10.6 Å². The van der Waals surface area contributed by atoms with Crippen molar-refractivity contribution >= 4 is 23.2 Å². The van der Waals surface area contributed by atoms with Crippen LogP contribution in [0.4, 0.5) is 5.69 Å². The number of carbonyl (C=O) groups is 1. The quantitative estimate of drug-likeness (QED) is 0.710. The maximum absolute atomic E-state index is 12.6. The van der Waals surface area contributed by atoms with Gasteiger partial charge >= 0.3 is 0 Å². The summed E-state index contributed by atoms with van der Waals surface area (Å²) in [7, 11) is 1.58. The fourth-order valence-corrected chi connectivity index (χ4v) is 3.12. The number of ether oxygens (including phenoxy) is 1. The van der Waals surface area contributed by atoms with Crippen LogP contribution in [0.25, 0.3) is 11.4 Å². The smallest absolute Gasteiger partial charge is 0.254 e. The Morgan fingerprint density at radius 2 is 1.89 bits per heavy atom. The van der Waals surface area contributed by atoms with Crippen molar-refractivity contribution in [3.8, 4) is 17.1 Å². The van der Waals surface area contributed by atoms with Gasteiger partial charge in [0.25, 0.3) is 5.56 Å². The zero-order valence-electron chi connectivity index (χ0n) is 15.8. The normalized spacial score (nSPS) is 10.6. The molecule has 3 rings (SSSR count). The molecule has 0 saturated heterocycles. The number of anilines is 1. The first-order valence-electron chi connectivity index (χ1n) is 8.67. The fourth-order valence-electron chi connectivity index (χ4n) is 2.85. The number of nitrogens with zero attached hydrogens (tertiary/aromatic N) is 2. The summed E-state index contributed by atoms with van der Waals surface area (Å²) in [6.45, 7) is 3.41. The van der Waals surface area contributed by atoms with Crippen LogP contribution in [0.1, 0.15) is 11.3 Å². The summed E-state index contributed by atoms with van der Waals surface area (Å²) in [5.41, 5.74) is 2.36. The highest BCUT2D eigenvalue weighted by Gasteiger charge is 2.15. The topological polar surface area (TPSA) is 73.2 Å². The molecule has 1 heterocycles. The van der Waals surface area contributed by atoms with Crippen LogP contribution < -0.4 is 15.6 Å². The maximum atomic E-state index is 12.6. The van der Waals surface area contributed by atoms with Gasteiger partial charge in [0.15, 0.2) is 0 Å². The third-order valence-corrected chi connectivity index (χ3v) is 4.59. The van der Waals surface area contributed by atoms with Gasteiger partial charge in [-0.25, -0.2) is 4.98 Å². The fraction of sp³-hybridized carbons (Fsp3) is 0.190. The predicted octanol–water partition coefficient (Wildman–Crippen LogP) is 3.83. The monoisotopic (exact) mass is 397 g/mol. The van der Waals surface area contributed by atoms with Gasteiger partial charge in [0.1, 0.15) is 18.1 Å². The molecule has 28 heavy (non-hydrogen) atoms. The van der Waals surface area contributed by atoms with E-state index < -0.39 is 0 Å². The van der Waals surface area contributed by atoms with Gasteiger partial charge in [0, 0.05) is 17.3 Å². The molecule has 0 radical (unpaired) electrons. The lowest BCUT2D eigenvalue weighted by atomic mass is 10.2. The van der Waals surface area contributed by atoms with E-state index in [0.717, 1.165) is 5.56 Å². The molecule has 6 nitrogen and oxygen atoms in total. The SMILES string of the molecule is COc1ccc(-c2nc(C)cc(=O)n2CC(=O)Nc2c(C)cccc2Cl)cc1. The molecule has 0 fully saturated rings. The van der Waals surface area contributed by atoms with Crippen molar-refractivity contribution in [2.45, 2.75) is 20.4 Å². The first kappa shape index (κ1) is 19.6. The second-order valence-electron chi connectivity index (χ2n) is 6.35. The lowest BCUT2D eigenvalue weighted by Gasteiger charge is -2.14. The van der Waals surface area contributed by atoms with E-state index in [1.54, 1.807) is 44.4 Å². The summed E-state index contributed by atoms with van der Waals surface area (Å²) < 4.78 is 6.51. The van der Waals surface area contributed by atoms with Gasteiger partial charge < -0.3 is 10.1 Å². The first-order chi connectivity index (χ1) is 13.4. The average Bonchev–Trinajstić information content (AvgIpc) is 2.67. The van der Waals surface area contributed by atoms with E-state index in [9.17, 15) is 9.59 Å². The zero-order valence-corrected chi connectivity index (χ0v) is 16.6. The molecule has 1 amide bonds. The lowest BCUT2D eigenvalue weighted by molar-refractivity contribution is -0.116. The molecule has 1 aromatic heterocycles. The summed E-state index contributed by atoms with van der Waals surface area (Å²) in [4.78, 5) is 29.7. The number of aryl methyl sites for hydroxylation is 2. The number of aromatic nitrogens is 2. The number of nitrogens with one attached hydrogen (secondary N) is 1. The van der Waals surface area contributed by atoms with Crippen LogP contribution in [-0.2, 0) is 11.3 Å². The van der Waals surface area contributed by atoms with E-state index in [4.69, 9.17) is 16.3 Å². The molecule has 1 N–H and O–H groups in total. The van der Waals surface area contributed by atoms with Crippen molar-refractivity contribution < 1.29 is 9.53 Å². The van der Waals surface area contributed by atoms with Crippen LogP contribution in [0.5, 0.6) is 5.75 Å². The Bertz CT molecular complexity index is 1050. The lowest BCUT2D eigenvalue weighted by Crippen LogP contribution is -2.29. The molecule has 0 atom stereocenters. The van der Waals surface area contributed by atoms with E-state index in [0.29, 0.717) is 33.5 Å². The molecule has 0 aliphatic heterocycles. The Labute approximate surface area is 167 Å². The number of methoxy groups -OCH3 is 1. The molecule has 0 aliphatic rings. The van der Waals surface area contributed by atoms with Crippen molar-refractivity contribution in [2.75, 3.05) is 12.4 Å². The van der Waals surface area contributed by atoms with E-state index in [-0.39, 0.29) is 18.0 Å². The Hall–Kier alpha value is -3.12. The van der Waals surface area contributed by atoms with Crippen LogP contribution in [-0.4, -0.2) is 22.6 Å². The van der Waals surface area contributed by atoms with Gasteiger partial charge in [0.05, 0.1) is 17.8 Å². The minimum absolute atomic E-state index is 0.182. The summed E-state index contributed by atoms with van der Waals surface area (Å²) in [5.74, 6) is 0.745. The van der Waals surface area contributed by atoms with Gasteiger partial charge in [-0.05, 0) is 49.7 Å². The number of hydrogen-bond donors (Lipinski definition) is 1. The molecule has 3 aromatic rings. The summed E-state index contributed by atoms with van der Waals surface area (Å²) >= 11 is 6.18. The molecule has 0 bridgehead atoms. The van der Waals surface area contributed by atoms with Crippen molar-refractivity contribution in [1.29, 1.82) is 0 Å². The zero-order chi connectivity index (χ0) is 20.3. The standard InChI is InChI=1S/C21H20ClN3O3/c1-13-5-4-6-17(22)20(13)24-18(26)12-25-19(27)11-14(2)23-21(25)15-7-9-16(28-3)10-8-15/h4-11H,12H2,1-3H3,(H,24,26). The van der Waals surface area contributed by atoms with Crippen LogP contribution in [0.3, 0.4) is 0 Å². The van der Waals surface area contributed by atoms with Crippen molar-refractivity contribution in [1.82, 2.24) is 9.55 Å². The Balaban J connectivity index is 1.95. The second kappa shape index (κ2) is 8.27. The molecule has 7 heteroatoms. The predicted molar refractivity (Wildman–Crippen MR) is 110 cm³/mol. The van der Waals surface area contributed by atoms with E-state index in [1.807, 2.05) is 19.1 Å². The van der Waals surface area contributed by atoms with Gasteiger partial charge in [-0.1, -0.05) is 23.7 Å². The largest absolute Gasteiger partial charge is 0.497 e. The molecule has 144 valence electrons. The Morgan fingerprint density at radius 3 is 2.54 bits per heavy atom. The molecule has 0 aliphatic carbocycles. The third-order valence-electron chi connectivity index (χ3n) is 4.27. The highest BCUT2D eigenvalue weighted by atomic mass is 35.5. The Morgan fingerprint density at radius 1 is 1.18 bits per heavy atom. The van der Waals surface area contributed by atoms with Crippen molar-refractivity contribution in [3.05, 3.63) is 75.2 Å². The molecular weight excluding hydrogens is 378 g/mol. The number of amides is 1. The van der Waals surface area contributed by atoms with Crippen molar-refractivity contribution in [3.63, 3.8) is 0 Å². The van der Waals surface area contributed by atoms with Gasteiger partial charge in [-0.2, -0.15) is 0 Å². The Kier molecular flexibility index (Phi) is 5.80. The highest BCUT2D eigenvalue weighted by molar-refractivity contribution is 6.33. The minimum Gasteiger partial charge on any atom is -0.497 e. The van der Waals surface area contributed by atoms with Crippen molar-refractivity contribution in [2.24, 2.45) is 0 Å². The van der Waals surface area contributed by atoms with Crippen LogP contribution in [0.2, 0.25) is 5.02 Å². The summed E-state index contributed by atoms with van der Waals surface area (Å²) in [6.07, 6.45) is 0. The van der Waals surface area contributed by atoms with Crippen LogP contribution in [0, 0.1) is 13.8 Å². The van der Waals surface area contributed by atoms with Gasteiger partial charge in [0.2, 0.25) is 5.91 Å². The van der Waals surface area contributed by atoms with Crippen LogP contribution in [0.15, 0.2) is 53.3 Å². The third kappa shape index (κ3) is 4.23. The number of benzene rings is 2. The summed E-state index contributed by atoms with van der Waals surface area (Å²) in [6, 6.07) is 13.9. The molecule has 0 saturated carbocycles. The number of halogens is 1. The minimum atomic E-state index is -0.362. The maximum Gasteiger partial charge on any atom is 0.254 e. The van der Waals surface area contributed by atoms with Crippen LogP contribution >= 0.6 is 11.6 Å². The van der Waals surface area contributed by atoms with E-state index in [2.05, 4.69) is 10.3 Å². The molecular formula is C21H20ClN3O3. The first-order valence-corrected chi connectivity index (χ1v) is 9.04. The van der Waals surface area contributed by atoms with Gasteiger partial charge in [-0.15, -0.1) is 0 Å². The van der Waals surface area contributed by atoms with Gasteiger partial charge in [-0.3, -0.25) is 14.2 Å².